The van der Waals surface area contributed by atoms with E-state index in [1.54, 1.807) is 55.3 Å². The zero-order valence-electron chi connectivity index (χ0n) is 31.0. The summed E-state index contributed by atoms with van der Waals surface area (Å²) < 4.78 is 75.7. The summed E-state index contributed by atoms with van der Waals surface area (Å²) in [7, 11) is -6.81. The Hall–Kier alpha value is -2.60. The second-order valence-corrected chi connectivity index (χ2v) is 13.9. The van der Waals surface area contributed by atoms with Crippen LogP contribution in [0, 0.1) is 6.92 Å². The molecule has 0 bridgehead atoms. The third kappa shape index (κ3) is 16.7. The third-order valence-electron chi connectivity index (χ3n) is 6.21. The molecule has 0 aliphatic rings. The Bertz CT molecular complexity index is 2310. The van der Waals surface area contributed by atoms with Crippen LogP contribution in [0.1, 0.15) is 33.5 Å². The van der Waals surface area contributed by atoms with Gasteiger partial charge in [-0.25, -0.2) is 5.26 Å². The molecule has 0 saturated heterocycles. The minimum Gasteiger partial charge on any atom is -0.505 e. The van der Waals surface area contributed by atoms with Gasteiger partial charge in [0.1, 0.15) is 11.5 Å². The molecule has 56 heavy (non-hydrogen) atoms. The van der Waals surface area contributed by atoms with Crippen molar-refractivity contribution in [2.75, 3.05) is 23.5 Å². The average Bonchev–Trinajstić information content (AvgIpc) is 3.14. The monoisotopic (exact) mass is 1000 g/mol. The Morgan fingerprint density at radius 3 is 2.00 bits per heavy atom. The van der Waals surface area contributed by atoms with E-state index >= 15 is 0 Å². The summed E-state index contributed by atoms with van der Waals surface area (Å²) in [6, 6.07) is 18.6. The van der Waals surface area contributed by atoms with E-state index in [1.165, 1.54) is 36.4 Å². The van der Waals surface area contributed by atoms with Crippen LogP contribution in [-0.4, -0.2) is 51.6 Å². The maximum absolute atomic E-state index is 11.5. The fourth-order valence-electron chi connectivity index (χ4n) is 4.15. The normalized spacial score (nSPS) is 10.6. The Labute approximate surface area is 382 Å². The molecule has 0 atom stereocenters. The second-order valence-electron chi connectivity index (χ2n) is 9.79. The molecule has 0 spiro atoms. The van der Waals surface area contributed by atoms with Crippen molar-refractivity contribution in [1.29, 1.82) is 0 Å². The molecule has 4 aromatic carbocycles. The molecule has 5 aromatic rings. The van der Waals surface area contributed by atoms with Gasteiger partial charge < -0.3 is 32.2 Å². The van der Waals surface area contributed by atoms with Gasteiger partial charge in [-0.3, -0.25) is 4.55 Å². The van der Waals surface area contributed by atoms with Crippen LogP contribution < -0.4 is 10.2 Å². The van der Waals surface area contributed by atoms with Crippen LogP contribution in [0.3, 0.4) is 0 Å². The first-order valence-corrected chi connectivity index (χ1v) is 20.3. The van der Waals surface area contributed by atoms with Crippen molar-refractivity contribution in [3.8, 4) is 5.75 Å². The van der Waals surface area contributed by atoms with Gasteiger partial charge in [-0.2, -0.15) is 28.5 Å². The summed E-state index contributed by atoms with van der Waals surface area (Å²) in [5.74, 6) is 0.411. The maximum Gasteiger partial charge on any atom is 0.261 e. The predicted octanol–water partition coefficient (Wildman–Crippen LogP) is 8.28. The maximum atomic E-state index is 11.5. The topological polar surface area (TPSA) is 260 Å². The first-order chi connectivity index (χ1) is 25.6. The van der Waals surface area contributed by atoms with E-state index in [0.717, 1.165) is 0 Å². The van der Waals surface area contributed by atoms with Crippen molar-refractivity contribution >= 4 is 89.0 Å². The van der Waals surface area contributed by atoms with Crippen LogP contribution in [0.15, 0.2) is 97.7 Å². The number of phenolic OH excluding ortho intramolecular Hbond substituents is 1. The number of benzene rings is 4. The fraction of sp³-hybridized carbons (Fsp3) is 0.219. The van der Waals surface area contributed by atoms with Crippen LogP contribution in [0.2, 0.25) is 0 Å². The number of phenols is 1. The molecule has 0 amide bonds. The Balaban J connectivity index is 0.00000251. The molecule has 24 heteroatoms. The molecule has 0 fully saturated rings. The summed E-state index contributed by atoms with van der Waals surface area (Å²) in [6.45, 7) is 9.67. The molecule has 4 N–H and O–H groups in total. The van der Waals surface area contributed by atoms with Crippen molar-refractivity contribution in [3.63, 3.8) is 0 Å². The number of hydrogen-bond donors (Lipinski definition) is 4. The Morgan fingerprint density at radius 2 is 1.43 bits per heavy atom. The molecule has 1 aromatic heterocycles. The van der Waals surface area contributed by atoms with Crippen LogP contribution in [0.4, 0.5) is 34.6 Å². The Kier molecular flexibility index (Phi) is 25.2. The van der Waals surface area contributed by atoms with Crippen LogP contribution in [0.5, 0.6) is 5.75 Å². The van der Waals surface area contributed by atoms with Gasteiger partial charge >= 0.3 is 0 Å². The first kappa shape index (κ1) is 53.4. The quantitative estimate of drug-likeness (QED) is 0.0242. The predicted molar refractivity (Wildman–Crippen MR) is 203 cm³/mol. The standard InChI is InChI=1S/C27H21N7O8S3.2C2H6.CH4O3S.2Y/c1-15-28-26(31-27(29-15)34(2)18-6-4-7-20(14-18)45(39)40)30-21-8-3-5-16-13-22(43-42-41-36)24(25(35)23(16)21)33-32-17-9-11-19(12-10-17)44(37)38;2*1-2;1-5(2,3)4;;/h3-14,35-36H,1-2H3,(H,28,29,30,31);2*1-2H3;1H3,(H,2,3,4);;/q-2;;;;;. The summed E-state index contributed by atoms with van der Waals surface area (Å²) in [4.78, 5) is 15.2. The Morgan fingerprint density at radius 1 is 0.839 bits per heavy atom. The van der Waals surface area contributed by atoms with Crippen molar-refractivity contribution in [1.82, 2.24) is 15.0 Å². The minimum absolute atomic E-state index is 0. The van der Waals surface area contributed by atoms with Gasteiger partial charge in [0.25, 0.3) is 10.1 Å². The number of nitrogens with zero attached hydrogens (tertiary/aromatic N) is 6. The minimum atomic E-state index is -3.67. The second kappa shape index (κ2) is 26.4. The van der Waals surface area contributed by atoms with Gasteiger partial charge in [0.15, 0.2) is 5.75 Å². The third-order valence-corrected chi connectivity index (χ3v) is 8.12. The van der Waals surface area contributed by atoms with Crippen LogP contribution >= 0.6 is 12.0 Å². The van der Waals surface area contributed by atoms with Gasteiger partial charge in [0.05, 0.1) is 34.6 Å². The largest absolute Gasteiger partial charge is 0.505 e. The zero-order chi connectivity index (χ0) is 40.6. The van der Waals surface area contributed by atoms with E-state index in [0.29, 0.717) is 52.0 Å². The number of anilines is 4. The SMILES string of the molecule is CC.CC.CS(=O)(=O)O.Cc1nc(Nc2cccc3cc(SOOO)c(N=Nc4ccc([S-](=O)=O)cc4)c(O)c23)nc(N(C)c2cccc([S-](=O)=O)c2)n1.[Y].[Y]. The van der Waals surface area contributed by atoms with E-state index < -0.39 is 31.5 Å². The molecule has 0 saturated carbocycles. The van der Waals surface area contributed by atoms with Crippen LogP contribution in [0.25, 0.3) is 10.8 Å². The van der Waals surface area contributed by atoms with Gasteiger partial charge in [0, 0.05) is 83.5 Å². The van der Waals surface area contributed by atoms with Crippen molar-refractivity contribution < 1.29 is 115 Å². The number of aromatic hydroxyl groups is 1. The number of rotatable bonds is 11. The van der Waals surface area contributed by atoms with Gasteiger partial charge in [-0.15, -0.1) is 9.45 Å². The molecule has 0 aliphatic heterocycles. The molecule has 298 valence electrons. The summed E-state index contributed by atoms with van der Waals surface area (Å²) in [5.41, 5.74) is 1.18. The van der Waals surface area contributed by atoms with Crippen molar-refractivity contribution in [2.24, 2.45) is 10.2 Å². The van der Waals surface area contributed by atoms with E-state index in [1.807, 2.05) is 27.7 Å². The van der Waals surface area contributed by atoms with E-state index in [-0.39, 0.29) is 103 Å². The van der Waals surface area contributed by atoms with Crippen molar-refractivity contribution in [3.05, 3.63) is 78.6 Å². The molecular formula is C32H37N7O11S4Y2-2. The van der Waals surface area contributed by atoms with Crippen molar-refractivity contribution in [2.45, 2.75) is 49.3 Å². The van der Waals surface area contributed by atoms with Gasteiger partial charge in [-0.1, -0.05) is 85.0 Å². The first-order valence-electron chi connectivity index (χ1n) is 15.5. The molecule has 0 aliphatic carbocycles. The summed E-state index contributed by atoms with van der Waals surface area (Å²) in [6.07, 6.45) is 0.715. The van der Waals surface area contributed by atoms with Gasteiger partial charge in [0.2, 0.25) is 11.9 Å². The summed E-state index contributed by atoms with van der Waals surface area (Å²) in [5, 5.41) is 36.1. The number of hydrogen-bond acceptors (Lipinski definition) is 20. The average molecular weight is 1000 g/mol. The fourth-order valence-corrected chi connectivity index (χ4v) is 5.41. The smallest absolute Gasteiger partial charge is 0.261 e. The molecule has 0 unspecified atom stereocenters. The number of azo groups is 1. The molecule has 18 nitrogen and oxygen atoms in total. The number of nitrogens with one attached hydrogen (secondary N) is 1. The molecule has 5 rings (SSSR count). The zero-order valence-corrected chi connectivity index (χ0v) is 39.9. The van der Waals surface area contributed by atoms with E-state index in [4.69, 9.17) is 9.81 Å². The molecule has 2 radical (unpaired) electrons. The van der Waals surface area contributed by atoms with E-state index in [9.17, 15) is 30.4 Å². The van der Waals surface area contributed by atoms with Crippen LogP contribution in [-0.2, 0) is 123 Å². The molecule has 1 heterocycles. The van der Waals surface area contributed by atoms with E-state index in [2.05, 4.69) is 39.9 Å². The number of aromatic nitrogens is 3. The number of fused-ring (bicyclic) bond motifs is 1. The van der Waals surface area contributed by atoms with Gasteiger partial charge in [-0.05, 0) is 64.1 Å². The summed E-state index contributed by atoms with van der Waals surface area (Å²) >= 11 is 0.570. The molecular weight excluding hydrogens is 964 g/mol. The number of aryl methyl sites for hydroxylation is 1.